The monoisotopic (exact) mass is 392 g/mol. The Morgan fingerprint density at radius 2 is 1.97 bits per heavy atom. The zero-order valence-electron chi connectivity index (χ0n) is 16.8. The maximum absolute atomic E-state index is 13.4. The van der Waals surface area contributed by atoms with Gasteiger partial charge >= 0.3 is 0 Å². The number of hydrogen-bond acceptors (Lipinski definition) is 5. The van der Waals surface area contributed by atoms with Crippen LogP contribution in [0.25, 0.3) is 11.0 Å². The first kappa shape index (κ1) is 19.4. The van der Waals surface area contributed by atoms with Crippen molar-refractivity contribution < 1.29 is 19.4 Å². The third-order valence-electron chi connectivity index (χ3n) is 5.15. The molecule has 1 aromatic heterocycles. The maximum Gasteiger partial charge on any atom is 0.198 e. The minimum Gasteiger partial charge on any atom is -0.505 e. The van der Waals surface area contributed by atoms with Crippen molar-refractivity contribution in [3.05, 3.63) is 72.1 Å². The van der Waals surface area contributed by atoms with Crippen molar-refractivity contribution in [2.75, 3.05) is 0 Å². The molecule has 1 aliphatic rings. The van der Waals surface area contributed by atoms with E-state index in [9.17, 15) is 9.90 Å². The van der Waals surface area contributed by atoms with Gasteiger partial charge in [-0.25, -0.2) is 4.98 Å². The van der Waals surface area contributed by atoms with E-state index in [-0.39, 0.29) is 17.1 Å². The molecule has 0 radical (unpaired) electrons. The molecule has 0 aliphatic carbocycles. The number of carbonyl (C=O) groups excluding carboxylic acids is 1. The Bertz CT molecular complexity index is 1090. The largest absolute Gasteiger partial charge is 0.505 e. The van der Waals surface area contributed by atoms with Crippen molar-refractivity contribution in [2.24, 2.45) is 0 Å². The number of aromatic hydroxyl groups is 1. The van der Waals surface area contributed by atoms with Crippen molar-refractivity contribution in [1.29, 1.82) is 0 Å². The molecule has 2 aromatic carbocycles. The average Bonchev–Trinajstić information content (AvgIpc) is 3.20. The number of Topliss-reactive ketones (excluding diaryl/α,β-unsaturated/α-hetero) is 1. The molecule has 1 N–H and O–H groups in total. The lowest BCUT2D eigenvalue weighted by molar-refractivity contribution is -0.143. The fourth-order valence-corrected chi connectivity index (χ4v) is 3.84. The molecule has 3 aromatic rings. The number of hydrogen-bond donors (Lipinski definition) is 1. The van der Waals surface area contributed by atoms with Crippen LogP contribution in [0.2, 0.25) is 0 Å². The summed E-state index contributed by atoms with van der Waals surface area (Å²) in [6.45, 7) is 9.74. The van der Waals surface area contributed by atoms with Crippen LogP contribution in [-0.2, 0) is 16.0 Å². The van der Waals surface area contributed by atoms with Gasteiger partial charge in [-0.05, 0) is 38.5 Å². The topological polar surface area (TPSA) is 73.6 Å². The first-order valence-corrected chi connectivity index (χ1v) is 9.57. The van der Waals surface area contributed by atoms with Gasteiger partial charge < -0.3 is 19.1 Å². The molecule has 2 atom stereocenters. The molecule has 1 aliphatic heterocycles. The fourth-order valence-electron chi connectivity index (χ4n) is 3.84. The highest BCUT2D eigenvalue weighted by Crippen LogP contribution is 2.41. The molecule has 6 heteroatoms. The molecule has 29 heavy (non-hydrogen) atoms. The summed E-state index contributed by atoms with van der Waals surface area (Å²) in [5.74, 6) is -0.648. The normalized spacial score (nSPS) is 20.8. The number of phenolic OH excluding ortho intramolecular Hbond substituents is 1. The molecule has 0 amide bonds. The molecule has 150 valence electrons. The minimum atomic E-state index is -0.914. The zero-order valence-corrected chi connectivity index (χ0v) is 16.8. The highest BCUT2D eigenvalue weighted by molar-refractivity contribution is 6.06. The number of fused-ring (bicyclic) bond motifs is 1. The lowest BCUT2D eigenvalue weighted by atomic mass is 9.96. The molecule has 0 bridgehead atoms. The smallest absolute Gasteiger partial charge is 0.198 e. The SMILES string of the molecule is C=CCn1c(C)nc2c(O)c(C(=O)[C@@H]3OC(C)(C)O[C@H]3c3ccccc3)ccc21. The molecule has 0 saturated carbocycles. The van der Waals surface area contributed by atoms with Crippen LogP contribution in [0, 0.1) is 6.92 Å². The summed E-state index contributed by atoms with van der Waals surface area (Å²) in [5.41, 5.74) is 2.17. The van der Waals surface area contributed by atoms with Crippen LogP contribution in [0.1, 0.15) is 41.7 Å². The summed E-state index contributed by atoms with van der Waals surface area (Å²) >= 11 is 0. The van der Waals surface area contributed by atoms with Crippen LogP contribution < -0.4 is 0 Å². The first-order chi connectivity index (χ1) is 13.8. The molecule has 0 unspecified atom stereocenters. The van der Waals surface area contributed by atoms with Crippen LogP contribution in [-0.4, -0.2) is 32.3 Å². The predicted molar refractivity (Wildman–Crippen MR) is 110 cm³/mol. The number of ether oxygens (including phenoxy) is 2. The zero-order chi connectivity index (χ0) is 20.8. The Balaban J connectivity index is 1.76. The van der Waals surface area contributed by atoms with Crippen molar-refractivity contribution >= 4 is 16.8 Å². The van der Waals surface area contributed by atoms with E-state index >= 15 is 0 Å². The molecule has 4 rings (SSSR count). The van der Waals surface area contributed by atoms with Gasteiger partial charge in [0.05, 0.1) is 11.1 Å². The second kappa shape index (κ2) is 7.13. The van der Waals surface area contributed by atoms with Gasteiger partial charge in [0.1, 0.15) is 17.4 Å². The fraction of sp³-hybridized carbons (Fsp3) is 0.304. The molecule has 1 saturated heterocycles. The second-order valence-corrected chi connectivity index (χ2v) is 7.64. The third-order valence-corrected chi connectivity index (χ3v) is 5.15. The van der Waals surface area contributed by atoms with Crippen LogP contribution >= 0.6 is 0 Å². The number of benzene rings is 2. The Kier molecular flexibility index (Phi) is 4.76. The van der Waals surface area contributed by atoms with E-state index in [4.69, 9.17) is 9.47 Å². The third kappa shape index (κ3) is 3.34. The Hall–Kier alpha value is -2.96. The number of ketones is 1. The number of carbonyl (C=O) groups is 1. The number of imidazole rings is 1. The molecule has 0 spiro atoms. The van der Waals surface area contributed by atoms with E-state index in [2.05, 4.69) is 11.6 Å². The van der Waals surface area contributed by atoms with Crippen LogP contribution in [0.4, 0.5) is 0 Å². The van der Waals surface area contributed by atoms with E-state index in [1.807, 2.05) is 41.8 Å². The quantitative estimate of drug-likeness (QED) is 0.517. The van der Waals surface area contributed by atoms with E-state index < -0.39 is 18.0 Å². The predicted octanol–water partition coefficient (Wildman–Crippen LogP) is 4.31. The Morgan fingerprint density at radius 1 is 1.24 bits per heavy atom. The number of rotatable bonds is 5. The molecule has 6 nitrogen and oxygen atoms in total. The van der Waals surface area contributed by atoms with Crippen LogP contribution in [0.15, 0.2) is 55.1 Å². The Labute approximate surface area is 169 Å². The van der Waals surface area contributed by atoms with E-state index in [0.29, 0.717) is 12.1 Å². The van der Waals surface area contributed by atoms with Crippen molar-refractivity contribution in [3.63, 3.8) is 0 Å². The lowest BCUT2D eigenvalue weighted by Gasteiger charge is -2.17. The number of aromatic nitrogens is 2. The van der Waals surface area contributed by atoms with Crippen molar-refractivity contribution in [3.8, 4) is 5.75 Å². The summed E-state index contributed by atoms with van der Waals surface area (Å²) in [7, 11) is 0. The Morgan fingerprint density at radius 3 is 2.66 bits per heavy atom. The van der Waals surface area contributed by atoms with Gasteiger partial charge in [-0.15, -0.1) is 6.58 Å². The molecular weight excluding hydrogens is 368 g/mol. The standard InChI is InChI=1S/C23H24N2O4/c1-5-13-25-14(2)24-18-17(25)12-11-16(19(18)26)20(27)22-21(28-23(3,4)29-22)15-9-7-6-8-10-15/h5-12,21-22,26H,1,13H2,2-4H3/t21-,22-/m0/s1. The number of phenols is 1. The van der Waals surface area contributed by atoms with Gasteiger partial charge in [-0.2, -0.15) is 0 Å². The highest BCUT2D eigenvalue weighted by atomic mass is 16.8. The maximum atomic E-state index is 13.4. The van der Waals surface area contributed by atoms with E-state index in [1.165, 1.54) is 0 Å². The summed E-state index contributed by atoms with van der Waals surface area (Å²) in [4.78, 5) is 17.8. The van der Waals surface area contributed by atoms with Gasteiger partial charge in [-0.3, -0.25) is 4.79 Å². The van der Waals surface area contributed by atoms with Gasteiger partial charge in [0.2, 0.25) is 0 Å². The van der Waals surface area contributed by atoms with Crippen molar-refractivity contribution in [1.82, 2.24) is 9.55 Å². The van der Waals surface area contributed by atoms with Crippen LogP contribution in [0.3, 0.4) is 0 Å². The summed E-state index contributed by atoms with van der Waals surface area (Å²) < 4.78 is 13.9. The van der Waals surface area contributed by atoms with E-state index in [0.717, 1.165) is 16.9 Å². The summed E-state index contributed by atoms with van der Waals surface area (Å²) in [5, 5.41) is 10.9. The average molecular weight is 392 g/mol. The second-order valence-electron chi connectivity index (χ2n) is 7.64. The molecule has 1 fully saturated rings. The number of nitrogens with zero attached hydrogens (tertiary/aromatic N) is 2. The molecular formula is C23H24N2O4. The van der Waals surface area contributed by atoms with Gasteiger partial charge in [0.25, 0.3) is 0 Å². The minimum absolute atomic E-state index is 0.140. The van der Waals surface area contributed by atoms with Crippen LogP contribution in [0.5, 0.6) is 5.75 Å². The van der Waals surface area contributed by atoms with Crippen molar-refractivity contribution in [2.45, 2.75) is 45.3 Å². The number of allylic oxidation sites excluding steroid dienone is 1. The number of aryl methyl sites for hydroxylation is 1. The summed E-state index contributed by atoms with van der Waals surface area (Å²) in [6, 6.07) is 12.9. The van der Waals surface area contributed by atoms with Gasteiger partial charge in [0.15, 0.2) is 23.4 Å². The van der Waals surface area contributed by atoms with Gasteiger partial charge in [0, 0.05) is 6.54 Å². The molecule has 2 heterocycles. The van der Waals surface area contributed by atoms with E-state index in [1.54, 1.807) is 32.1 Å². The summed E-state index contributed by atoms with van der Waals surface area (Å²) in [6.07, 6.45) is 0.335. The van der Waals surface area contributed by atoms with Gasteiger partial charge in [-0.1, -0.05) is 36.4 Å². The highest BCUT2D eigenvalue weighted by Gasteiger charge is 2.46. The first-order valence-electron chi connectivity index (χ1n) is 9.57. The lowest BCUT2D eigenvalue weighted by Crippen LogP contribution is -2.28.